The first-order valence-corrected chi connectivity index (χ1v) is 4.67. The average molecular weight is 187 g/mol. The Bertz CT molecular complexity index is 367. The van der Waals surface area contributed by atoms with E-state index in [1.54, 1.807) is 0 Å². The van der Waals surface area contributed by atoms with Crippen LogP contribution in [0.15, 0.2) is 48.9 Å². The molecule has 0 fully saturated rings. The van der Waals surface area contributed by atoms with Crippen LogP contribution in [0.4, 0.5) is 0 Å². The maximum atomic E-state index is 4.28. The van der Waals surface area contributed by atoms with E-state index in [0.29, 0.717) is 0 Å². The Kier molecular flexibility index (Phi) is 2.49. The van der Waals surface area contributed by atoms with Gasteiger partial charge in [-0.3, -0.25) is 9.66 Å². The molecular weight excluding hydrogens is 174 g/mol. The van der Waals surface area contributed by atoms with Crippen molar-refractivity contribution >= 4 is 0 Å². The fourth-order valence-electron chi connectivity index (χ4n) is 1.34. The molecule has 0 bridgehead atoms. The molecule has 0 radical (unpaired) electrons. The van der Waals surface area contributed by atoms with Gasteiger partial charge in [0.2, 0.25) is 0 Å². The zero-order chi connectivity index (χ0) is 9.80. The minimum atomic E-state index is 0.212. The van der Waals surface area contributed by atoms with Gasteiger partial charge in [-0.1, -0.05) is 6.07 Å². The van der Waals surface area contributed by atoms with E-state index in [-0.39, 0.29) is 6.04 Å². The van der Waals surface area contributed by atoms with Gasteiger partial charge in [-0.25, -0.2) is 0 Å². The largest absolute Gasteiger partial charge is 0.318 e. The molecule has 14 heavy (non-hydrogen) atoms. The molecule has 2 rings (SSSR count). The van der Waals surface area contributed by atoms with Gasteiger partial charge in [-0.15, -0.1) is 0 Å². The van der Waals surface area contributed by atoms with Crippen LogP contribution in [0, 0.1) is 0 Å². The molecule has 0 aromatic carbocycles. The zero-order valence-electron chi connectivity index (χ0n) is 8.09. The third-order valence-electron chi connectivity index (χ3n) is 2.08. The Balaban J connectivity index is 2.07. The predicted octanol–water partition coefficient (Wildman–Crippen LogP) is 2.19. The third kappa shape index (κ3) is 1.93. The molecule has 3 nitrogen and oxygen atoms in total. The molecule has 0 amide bonds. The molecule has 1 unspecified atom stereocenters. The monoisotopic (exact) mass is 187 g/mol. The van der Waals surface area contributed by atoms with Gasteiger partial charge < -0.3 is 5.43 Å². The fraction of sp³-hybridized carbons (Fsp3) is 0.182. The summed E-state index contributed by atoms with van der Waals surface area (Å²) < 4.78 is 1.93. The Morgan fingerprint density at radius 3 is 2.64 bits per heavy atom. The first kappa shape index (κ1) is 8.81. The van der Waals surface area contributed by atoms with Gasteiger partial charge in [0.05, 0.1) is 11.7 Å². The van der Waals surface area contributed by atoms with E-state index in [0.717, 1.165) is 5.69 Å². The van der Waals surface area contributed by atoms with Crippen molar-refractivity contribution in [1.82, 2.24) is 9.66 Å². The Labute approximate surface area is 83.4 Å². The quantitative estimate of drug-likeness (QED) is 0.798. The molecule has 2 heterocycles. The molecule has 1 atom stereocenters. The van der Waals surface area contributed by atoms with Gasteiger partial charge in [0.1, 0.15) is 0 Å². The molecule has 0 aliphatic carbocycles. The van der Waals surface area contributed by atoms with Crippen molar-refractivity contribution in [2.75, 3.05) is 5.43 Å². The zero-order valence-corrected chi connectivity index (χ0v) is 8.09. The van der Waals surface area contributed by atoms with Crippen LogP contribution in [0.1, 0.15) is 18.7 Å². The number of nitrogens with one attached hydrogen (secondary N) is 1. The van der Waals surface area contributed by atoms with E-state index < -0.39 is 0 Å². The van der Waals surface area contributed by atoms with Crippen LogP contribution < -0.4 is 5.43 Å². The highest BCUT2D eigenvalue weighted by Crippen LogP contribution is 2.09. The number of pyridine rings is 1. The van der Waals surface area contributed by atoms with Gasteiger partial charge in [0.25, 0.3) is 0 Å². The lowest BCUT2D eigenvalue weighted by molar-refractivity contribution is 0.708. The van der Waals surface area contributed by atoms with Crippen molar-refractivity contribution in [3.8, 4) is 0 Å². The van der Waals surface area contributed by atoms with E-state index in [1.165, 1.54) is 0 Å². The van der Waals surface area contributed by atoms with Crippen molar-refractivity contribution in [2.45, 2.75) is 13.0 Å². The molecule has 2 aromatic rings. The molecule has 0 aliphatic rings. The second-order valence-corrected chi connectivity index (χ2v) is 3.20. The molecule has 2 aromatic heterocycles. The van der Waals surface area contributed by atoms with Gasteiger partial charge >= 0.3 is 0 Å². The number of aromatic nitrogens is 2. The van der Waals surface area contributed by atoms with Crippen molar-refractivity contribution in [1.29, 1.82) is 0 Å². The summed E-state index contributed by atoms with van der Waals surface area (Å²) in [5.41, 5.74) is 4.34. The second-order valence-electron chi connectivity index (χ2n) is 3.20. The Morgan fingerprint density at radius 1 is 1.21 bits per heavy atom. The van der Waals surface area contributed by atoms with Crippen LogP contribution in [0.2, 0.25) is 0 Å². The summed E-state index contributed by atoms with van der Waals surface area (Å²) in [6, 6.07) is 10.1. The minimum absolute atomic E-state index is 0.212. The van der Waals surface area contributed by atoms with Gasteiger partial charge in [-0.2, -0.15) is 0 Å². The van der Waals surface area contributed by atoms with E-state index >= 15 is 0 Å². The van der Waals surface area contributed by atoms with E-state index in [9.17, 15) is 0 Å². The second kappa shape index (κ2) is 3.96. The van der Waals surface area contributed by atoms with Crippen LogP contribution in [-0.4, -0.2) is 9.66 Å². The summed E-state index contributed by atoms with van der Waals surface area (Å²) in [7, 11) is 0. The summed E-state index contributed by atoms with van der Waals surface area (Å²) in [5, 5.41) is 0. The highest BCUT2D eigenvalue weighted by molar-refractivity contribution is 5.11. The van der Waals surface area contributed by atoms with Crippen LogP contribution >= 0.6 is 0 Å². The molecule has 1 N–H and O–H groups in total. The lowest BCUT2D eigenvalue weighted by Gasteiger charge is -2.15. The summed E-state index contributed by atoms with van der Waals surface area (Å²) in [6.07, 6.45) is 5.75. The standard InChI is InChI=1S/C11H13N3/c1-10(11-6-2-3-7-12-11)13-14-8-4-5-9-14/h2-10,13H,1H3. The highest BCUT2D eigenvalue weighted by Gasteiger charge is 2.04. The lowest BCUT2D eigenvalue weighted by Crippen LogP contribution is -2.17. The van der Waals surface area contributed by atoms with Crippen LogP contribution in [0.25, 0.3) is 0 Å². The first-order valence-electron chi connectivity index (χ1n) is 4.67. The summed E-state index contributed by atoms with van der Waals surface area (Å²) in [4.78, 5) is 4.28. The minimum Gasteiger partial charge on any atom is -0.318 e. The molecule has 0 saturated heterocycles. The van der Waals surface area contributed by atoms with Gasteiger partial charge in [0.15, 0.2) is 0 Å². The third-order valence-corrected chi connectivity index (χ3v) is 2.08. The molecular formula is C11H13N3. The van der Waals surface area contributed by atoms with Crippen molar-refractivity contribution in [3.63, 3.8) is 0 Å². The molecule has 0 aliphatic heterocycles. The van der Waals surface area contributed by atoms with Gasteiger partial charge in [-0.05, 0) is 31.2 Å². The first-order chi connectivity index (χ1) is 6.86. The van der Waals surface area contributed by atoms with Gasteiger partial charge in [0, 0.05) is 18.6 Å². The molecule has 0 spiro atoms. The predicted molar refractivity (Wildman–Crippen MR) is 56.4 cm³/mol. The summed E-state index contributed by atoms with van der Waals surface area (Å²) in [6.45, 7) is 2.09. The SMILES string of the molecule is CC(Nn1cccc1)c1ccccn1. The molecule has 72 valence electrons. The van der Waals surface area contributed by atoms with E-state index in [1.807, 2.05) is 53.6 Å². The number of hydrogen-bond acceptors (Lipinski definition) is 2. The van der Waals surface area contributed by atoms with Crippen LogP contribution in [-0.2, 0) is 0 Å². The van der Waals surface area contributed by atoms with Crippen LogP contribution in [0.5, 0.6) is 0 Å². The molecule has 0 saturated carbocycles. The van der Waals surface area contributed by atoms with Crippen molar-refractivity contribution < 1.29 is 0 Å². The van der Waals surface area contributed by atoms with E-state index in [4.69, 9.17) is 0 Å². The maximum Gasteiger partial charge on any atom is 0.0816 e. The fourth-order valence-corrected chi connectivity index (χ4v) is 1.34. The average Bonchev–Trinajstić information content (AvgIpc) is 2.72. The van der Waals surface area contributed by atoms with Crippen LogP contribution in [0.3, 0.4) is 0 Å². The Morgan fingerprint density at radius 2 is 2.00 bits per heavy atom. The number of nitrogens with zero attached hydrogens (tertiary/aromatic N) is 2. The topological polar surface area (TPSA) is 29.9 Å². The Hall–Kier alpha value is -1.77. The lowest BCUT2D eigenvalue weighted by atomic mass is 10.2. The van der Waals surface area contributed by atoms with Crippen molar-refractivity contribution in [3.05, 3.63) is 54.6 Å². The smallest absolute Gasteiger partial charge is 0.0816 e. The number of hydrogen-bond donors (Lipinski definition) is 1. The normalized spacial score (nSPS) is 12.4. The summed E-state index contributed by atoms with van der Waals surface area (Å²) >= 11 is 0. The molecule has 3 heteroatoms. The maximum absolute atomic E-state index is 4.28. The van der Waals surface area contributed by atoms with E-state index in [2.05, 4.69) is 17.3 Å². The number of rotatable bonds is 3. The van der Waals surface area contributed by atoms with Crippen molar-refractivity contribution in [2.24, 2.45) is 0 Å². The highest BCUT2D eigenvalue weighted by atomic mass is 15.4. The summed E-state index contributed by atoms with van der Waals surface area (Å²) in [5.74, 6) is 0.